The lowest BCUT2D eigenvalue weighted by Crippen LogP contribution is -2.38. The molecule has 0 atom stereocenters. The SMILES string of the molecule is O=C(/C=C/c1cc(Cl)c2c(c1)OCO2)OCC(=O)N1CCc2sccc2C1. The molecule has 1 amide bonds. The molecule has 0 radical (unpaired) electrons. The molecule has 0 fully saturated rings. The molecule has 0 unspecified atom stereocenters. The van der Waals surface area contributed by atoms with Gasteiger partial charge in [0.1, 0.15) is 0 Å². The minimum Gasteiger partial charge on any atom is -0.454 e. The number of rotatable bonds is 4. The number of carbonyl (C=O) groups is 2. The summed E-state index contributed by atoms with van der Waals surface area (Å²) in [6, 6.07) is 5.41. The van der Waals surface area contributed by atoms with E-state index in [1.54, 1.807) is 34.4 Å². The van der Waals surface area contributed by atoms with E-state index in [0.717, 1.165) is 6.42 Å². The van der Waals surface area contributed by atoms with Crippen LogP contribution in [-0.4, -0.2) is 36.7 Å². The molecule has 2 aliphatic heterocycles. The molecule has 1 aromatic heterocycles. The Bertz CT molecular complexity index is 923. The summed E-state index contributed by atoms with van der Waals surface area (Å²) >= 11 is 7.81. The zero-order chi connectivity index (χ0) is 18.8. The van der Waals surface area contributed by atoms with Crippen molar-refractivity contribution in [3.63, 3.8) is 0 Å². The molecule has 0 N–H and O–H groups in total. The van der Waals surface area contributed by atoms with Gasteiger partial charge < -0.3 is 19.1 Å². The summed E-state index contributed by atoms with van der Waals surface area (Å²) in [6.45, 7) is 1.07. The van der Waals surface area contributed by atoms with Gasteiger partial charge in [0, 0.05) is 24.0 Å². The highest BCUT2D eigenvalue weighted by molar-refractivity contribution is 7.10. The van der Waals surface area contributed by atoms with E-state index in [0.29, 0.717) is 35.2 Å². The fourth-order valence-corrected chi connectivity index (χ4v) is 4.14. The number of ether oxygens (including phenoxy) is 3. The average Bonchev–Trinajstić information content (AvgIpc) is 3.32. The second kappa shape index (κ2) is 7.62. The highest BCUT2D eigenvalue weighted by Gasteiger charge is 2.22. The van der Waals surface area contributed by atoms with Crippen LogP contribution in [0.25, 0.3) is 6.08 Å². The van der Waals surface area contributed by atoms with Crippen LogP contribution in [0.15, 0.2) is 29.7 Å². The van der Waals surface area contributed by atoms with Crippen LogP contribution in [0, 0.1) is 0 Å². The fourth-order valence-electron chi connectivity index (χ4n) is 2.98. The molecule has 2 aromatic rings. The predicted molar refractivity (Wildman–Crippen MR) is 101 cm³/mol. The van der Waals surface area contributed by atoms with Crippen molar-refractivity contribution >= 4 is 40.9 Å². The van der Waals surface area contributed by atoms with Crippen molar-refractivity contribution in [1.82, 2.24) is 4.90 Å². The molecular weight excluding hydrogens is 390 g/mol. The summed E-state index contributed by atoms with van der Waals surface area (Å²) < 4.78 is 15.6. The highest BCUT2D eigenvalue weighted by atomic mass is 35.5. The molecule has 0 saturated heterocycles. The van der Waals surface area contributed by atoms with Crippen LogP contribution in [0.1, 0.15) is 16.0 Å². The first-order valence-corrected chi connectivity index (χ1v) is 9.63. The summed E-state index contributed by atoms with van der Waals surface area (Å²) in [7, 11) is 0. The summed E-state index contributed by atoms with van der Waals surface area (Å²) in [5.74, 6) is 0.242. The van der Waals surface area contributed by atoms with Crippen LogP contribution in [0.2, 0.25) is 5.02 Å². The van der Waals surface area contributed by atoms with Crippen molar-refractivity contribution in [3.8, 4) is 11.5 Å². The molecular formula is C19H16ClNO5S. The van der Waals surface area contributed by atoms with Crippen molar-refractivity contribution in [3.05, 3.63) is 50.7 Å². The average molecular weight is 406 g/mol. The lowest BCUT2D eigenvalue weighted by Gasteiger charge is -2.26. The quantitative estimate of drug-likeness (QED) is 0.577. The van der Waals surface area contributed by atoms with Crippen molar-refractivity contribution in [1.29, 1.82) is 0 Å². The van der Waals surface area contributed by atoms with E-state index in [1.807, 2.05) is 11.4 Å². The number of halogens is 1. The van der Waals surface area contributed by atoms with Gasteiger partial charge in [0.2, 0.25) is 6.79 Å². The second-order valence-electron chi connectivity index (χ2n) is 6.11. The Balaban J connectivity index is 1.30. The molecule has 4 rings (SSSR count). The molecule has 3 heterocycles. The Morgan fingerprint density at radius 1 is 1.33 bits per heavy atom. The standard InChI is InChI=1S/C19H16ClNO5S/c20-14-7-12(8-15-19(14)26-11-25-15)1-2-18(23)24-10-17(22)21-5-3-16-13(9-21)4-6-27-16/h1-2,4,6-8H,3,5,9-11H2/b2-1+. The van der Waals surface area contributed by atoms with Gasteiger partial charge >= 0.3 is 5.97 Å². The third kappa shape index (κ3) is 3.94. The topological polar surface area (TPSA) is 65.1 Å². The number of esters is 1. The van der Waals surface area contributed by atoms with E-state index in [9.17, 15) is 9.59 Å². The van der Waals surface area contributed by atoms with Gasteiger partial charge in [-0.15, -0.1) is 11.3 Å². The van der Waals surface area contributed by atoms with Gasteiger partial charge in [-0.2, -0.15) is 0 Å². The Kier molecular flexibility index (Phi) is 5.05. The highest BCUT2D eigenvalue weighted by Crippen LogP contribution is 2.40. The van der Waals surface area contributed by atoms with Crippen LogP contribution >= 0.6 is 22.9 Å². The van der Waals surface area contributed by atoms with E-state index in [4.69, 9.17) is 25.8 Å². The van der Waals surface area contributed by atoms with E-state index in [-0.39, 0.29) is 19.3 Å². The van der Waals surface area contributed by atoms with E-state index >= 15 is 0 Å². The largest absolute Gasteiger partial charge is 0.454 e. The van der Waals surface area contributed by atoms with Gasteiger partial charge in [0.25, 0.3) is 5.91 Å². The van der Waals surface area contributed by atoms with Gasteiger partial charge in [-0.1, -0.05) is 11.6 Å². The summed E-state index contributed by atoms with van der Waals surface area (Å²) in [6.07, 6.45) is 3.66. The smallest absolute Gasteiger partial charge is 0.331 e. The first kappa shape index (κ1) is 17.9. The molecule has 0 aliphatic carbocycles. The van der Waals surface area contributed by atoms with E-state index in [2.05, 4.69) is 0 Å². The molecule has 140 valence electrons. The van der Waals surface area contributed by atoms with Crippen molar-refractivity contribution in [2.75, 3.05) is 19.9 Å². The van der Waals surface area contributed by atoms with Crippen molar-refractivity contribution < 1.29 is 23.8 Å². The maximum Gasteiger partial charge on any atom is 0.331 e. The first-order chi connectivity index (χ1) is 13.1. The van der Waals surface area contributed by atoms with Crippen LogP contribution in [0.3, 0.4) is 0 Å². The Morgan fingerprint density at radius 3 is 3.11 bits per heavy atom. The van der Waals surface area contributed by atoms with Gasteiger partial charge in [0.05, 0.1) is 5.02 Å². The van der Waals surface area contributed by atoms with Gasteiger partial charge in [-0.05, 0) is 47.2 Å². The van der Waals surface area contributed by atoms with Gasteiger partial charge in [-0.25, -0.2) is 4.79 Å². The van der Waals surface area contributed by atoms with E-state index in [1.165, 1.54) is 16.5 Å². The van der Waals surface area contributed by atoms with Gasteiger partial charge in [0.15, 0.2) is 18.1 Å². The molecule has 0 spiro atoms. The minimum absolute atomic E-state index is 0.121. The number of amides is 1. The zero-order valence-electron chi connectivity index (χ0n) is 14.3. The minimum atomic E-state index is -0.592. The summed E-state index contributed by atoms with van der Waals surface area (Å²) in [5.41, 5.74) is 1.85. The molecule has 0 saturated carbocycles. The molecule has 2 aliphatic rings. The number of nitrogens with zero attached hydrogens (tertiary/aromatic N) is 1. The Hall–Kier alpha value is -2.51. The predicted octanol–water partition coefficient (Wildman–Crippen LogP) is 3.27. The number of thiophene rings is 1. The second-order valence-corrected chi connectivity index (χ2v) is 7.52. The van der Waals surface area contributed by atoms with Crippen LogP contribution in [0.4, 0.5) is 0 Å². The number of benzene rings is 1. The number of carbonyl (C=O) groups excluding carboxylic acids is 2. The maximum atomic E-state index is 12.3. The number of hydrogen-bond donors (Lipinski definition) is 0. The van der Waals surface area contributed by atoms with Crippen LogP contribution in [-0.2, 0) is 27.3 Å². The monoisotopic (exact) mass is 405 g/mol. The molecule has 6 nitrogen and oxygen atoms in total. The lowest BCUT2D eigenvalue weighted by atomic mass is 10.1. The normalized spacial score (nSPS) is 15.1. The third-order valence-corrected chi connectivity index (χ3v) is 5.66. The summed E-state index contributed by atoms with van der Waals surface area (Å²) in [4.78, 5) is 27.2. The lowest BCUT2D eigenvalue weighted by molar-refractivity contribution is -0.148. The number of hydrogen-bond acceptors (Lipinski definition) is 6. The molecule has 0 bridgehead atoms. The van der Waals surface area contributed by atoms with Crippen molar-refractivity contribution in [2.24, 2.45) is 0 Å². The molecule has 8 heteroatoms. The van der Waals surface area contributed by atoms with Gasteiger partial charge in [-0.3, -0.25) is 4.79 Å². The summed E-state index contributed by atoms with van der Waals surface area (Å²) in [5, 5.41) is 2.44. The van der Waals surface area contributed by atoms with E-state index < -0.39 is 5.97 Å². The Morgan fingerprint density at radius 2 is 2.22 bits per heavy atom. The molecule has 27 heavy (non-hydrogen) atoms. The first-order valence-electron chi connectivity index (χ1n) is 8.37. The Labute approximate surface area is 164 Å². The van der Waals surface area contributed by atoms with Crippen LogP contribution in [0.5, 0.6) is 11.5 Å². The van der Waals surface area contributed by atoms with Crippen LogP contribution < -0.4 is 9.47 Å². The fraction of sp³-hybridized carbons (Fsp3) is 0.263. The van der Waals surface area contributed by atoms with Crippen molar-refractivity contribution in [2.45, 2.75) is 13.0 Å². The zero-order valence-corrected chi connectivity index (χ0v) is 15.8. The molecule has 1 aromatic carbocycles. The number of fused-ring (bicyclic) bond motifs is 2. The third-order valence-electron chi connectivity index (χ3n) is 4.36. The maximum absolute atomic E-state index is 12.3.